The Morgan fingerprint density at radius 2 is 1.80 bits per heavy atom. The molecule has 2 aromatic carbocycles. The molecule has 1 aliphatic rings. The van der Waals surface area contributed by atoms with Crippen molar-refractivity contribution in [3.05, 3.63) is 53.0 Å². The summed E-state index contributed by atoms with van der Waals surface area (Å²) < 4.78 is 28.4. The molecule has 3 aromatic rings. The average Bonchev–Trinajstić information content (AvgIpc) is 2.91. The molecule has 0 spiro atoms. The average molecular weight is 445 g/mol. The highest BCUT2D eigenvalue weighted by Gasteiger charge is 2.28. The molecule has 0 unspecified atom stereocenters. The highest BCUT2D eigenvalue weighted by atomic mass is 32.2. The highest BCUT2D eigenvalue weighted by Crippen LogP contribution is 2.25. The van der Waals surface area contributed by atoms with Gasteiger partial charge in [0.1, 0.15) is 0 Å². The van der Waals surface area contributed by atoms with Crippen molar-refractivity contribution < 1.29 is 13.2 Å². The van der Waals surface area contributed by atoms with Crippen LogP contribution in [-0.4, -0.2) is 54.8 Å². The fraction of sp³-hybridized carbons (Fsp3) is 0.333. The van der Waals surface area contributed by atoms with Crippen LogP contribution in [0.1, 0.15) is 17.0 Å². The van der Waals surface area contributed by atoms with Crippen LogP contribution in [0.15, 0.2) is 47.4 Å². The molecule has 0 atom stereocenters. The minimum atomic E-state index is -3.56. The summed E-state index contributed by atoms with van der Waals surface area (Å²) in [5.41, 5.74) is 2.64. The molecular formula is C21H24N4O3S2. The predicted molar refractivity (Wildman–Crippen MR) is 120 cm³/mol. The highest BCUT2D eigenvalue weighted by molar-refractivity contribution is 7.89. The number of hydrogen-bond acceptors (Lipinski definition) is 5. The Bertz CT molecular complexity index is 1170. The van der Waals surface area contributed by atoms with E-state index in [0.717, 1.165) is 20.8 Å². The second-order valence-corrected chi connectivity index (χ2v) is 10.6. The largest absolute Gasteiger partial charge is 0.323 e. The maximum Gasteiger partial charge on any atom is 0.321 e. The molecule has 7 nitrogen and oxygen atoms in total. The molecule has 0 saturated carbocycles. The fourth-order valence-corrected chi connectivity index (χ4v) is 5.85. The summed E-state index contributed by atoms with van der Waals surface area (Å²) in [5.74, 6) is 0. The Morgan fingerprint density at radius 3 is 2.57 bits per heavy atom. The number of carbonyl (C=O) groups excluding carboxylic acids is 1. The molecule has 30 heavy (non-hydrogen) atoms. The minimum Gasteiger partial charge on any atom is -0.323 e. The Kier molecular flexibility index (Phi) is 5.77. The maximum atomic E-state index is 12.9. The first kappa shape index (κ1) is 20.8. The molecule has 0 aliphatic carbocycles. The Balaban J connectivity index is 1.42. The summed E-state index contributed by atoms with van der Waals surface area (Å²) in [6.07, 6.45) is 0.589. The zero-order valence-electron chi connectivity index (χ0n) is 17.0. The lowest BCUT2D eigenvalue weighted by Gasteiger charge is -2.22. The van der Waals surface area contributed by atoms with E-state index in [-0.39, 0.29) is 12.6 Å². The molecule has 1 fully saturated rings. The number of anilines is 1. The normalized spacial score (nSPS) is 15.9. The first-order chi connectivity index (χ1) is 14.3. The van der Waals surface area contributed by atoms with E-state index in [0.29, 0.717) is 36.6 Å². The van der Waals surface area contributed by atoms with Gasteiger partial charge in [0.2, 0.25) is 10.0 Å². The van der Waals surface area contributed by atoms with Gasteiger partial charge in [-0.05, 0) is 50.6 Å². The molecule has 1 aromatic heterocycles. The lowest BCUT2D eigenvalue weighted by molar-refractivity contribution is 0.214. The Hall–Kier alpha value is -2.49. The van der Waals surface area contributed by atoms with Gasteiger partial charge in [0.25, 0.3) is 0 Å². The van der Waals surface area contributed by atoms with Crippen LogP contribution in [0.4, 0.5) is 10.5 Å². The first-order valence-electron chi connectivity index (χ1n) is 9.83. The standard InChI is InChI=1S/C21H24N4O3S2/c1-15-4-7-18(8-5-15)30(27,28)25-11-3-10-24(12-13-25)21(26)23-17-6-9-19-20(14-17)29-16(2)22-19/h4-9,14H,3,10-13H2,1-2H3,(H,23,26). The van der Waals surface area contributed by atoms with E-state index in [1.54, 1.807) is 40.5 Å². The molecule has 1 N–H and O–H groups in total. The molecule has 0 radical (unpaired) electrons. The van der Waals surface area contributed by atoms with E-state index in [1.165, 1.54) is 4.31 Å². The summed E-state index contributed by atoms with van der Waals surface area (Å²) in [7, 11) is -3.56. The number of rotatable bonds is 3. The minimum absolute atomic E-state index is 0.217. The predicted octanol–water partition coefficient (Wildman–Crippen LogP) is 3.84. The van der Waals surface area contributed by atoms with Crippen LogP contribution in [0.2, 0.25) is 0 Å². The number of urea groups is 1. The third-order valence-electron chi connectivity index (χ3n) is 5.15. The summed E-state index contributed by atoms with van der Waals surface area (Å²) in [5, 5.41) is 3.91. The second kappa shape index (κ2) is 8.33. The van der Waals surface area contributed by atoms with E-state index in [9.17, 15) is 13.2 Å². The zero-order valence-corrected chi connectivity index (χ0v) is 18.6. The lowest BCUT2D eigenvalue weighted by atomic mass is 10.2. The summed E-state index contributed by atoms with van der Waals surface area (Å²) in [6.45, 7) is 5.40. The summed E-state index contributed by atoms with van der Waals surface area (Å²) in [6, 6.07) is 12.3. The van der Waals surface area contributed by atoms with Crippen LogP contribution in [0, 0.1) is 13.8 Å². The van der Waals surface area contributed by atoms with Crippen molar-refractivity contribution in [3.63, 3.8) is 0 Å². The number of fused-ring (bicyclic) bond motifs is 1. The molecule has 0 bridgehead atoms. The first-order valence-corrected chi connectivity index (χ1v) is 12.1. The fourth-order valence-electron chi connectivity index (χ4n) is 3.52. The monoisotopic (exact) mass is 444 g/mol. The van der Waals surface area contributed by atoms with Gasteiger partial charge in [0.05, 0.1) is 20.1 Å². The van der Waals surface area contributed by atoms with Crippen molar-refractivity contribution >= 4 is 43.3 Å². The number of hydrogen-bond donors (Lipinski definition) is 1. The molecule has 2 amide bonds. The van der Waals surface area contributed by atoms with Crippen molar-refractivity contribution in [2.24, 2.45) is 0 Å². The molecule has 2 heterocycles. The molecule has 1 aliphatic heterocycles. The number of sulfonamides is 1. The molecule has 4 rings (SSSR count). The quantitative estimate of drug-likeness (QED) is 0.665. The van der Waals surface area contributed by atoms with Crippen molar-refractivity contribution in [2.75, 3.05) is 31.5 Å². The number of nitrogens with zero attached hydrogens (tertiary/aromatic N) is 3. The summed E-state index contributed by atoms with van der Waals surface area (Å²) >= 11 is 1.58. The lowest BCUT2D eigenvalue weighted by Crippen LogP contribution is -2.39. The van der Waals surface area contributed by atoms with Crippen LogP contribution in [0.5, 0.6) is 0 Å². The number of carbonyl (C=O) groups is 1. The van der Waals surface area contributed by atoms with Crippen LogP contribution < -0.4 is 5.32 Å². The van der Waals surface area contributed by atoms with E-state index in [2.05, 4.69) is 10.3 Å². The molecule has 1 saturated heterocycles. The summed E-state index contributed by atoms with van der Waals surface area (Å²) in [4.78, 5) is 19.2. The smallest absolute Gasteiger partial charge is 0.321 e. The Morgan fingerprint density at radius 1 is 1.03 bits per heavy atom. The number of benzene rings is 2. The van der Waals surface area contributed by atoms with E-state index in [1.807, 2.05) is 32.0 Å². The van der Waals surface area contributed by atoms with Crippen LogP contribution in [0.3, 0.4) is 0 Å². The van der Waals surface area contributed by atoms with Crippen molar-refractivity contribution in [1.29, 1.82) is 0 Å². The van der Waals surface area contributed by atoms with E-state index >= 15 is 0 Å². The van der Waals surface area contributed by atoms with Gasteiger partial charge in [-0.1, -0.05) is 17.7 Å². The van der Waals surface area contributed by atoms with E-state index < -0.39 is 10.0 Å². The van der Waals surface area contributed by atoms with E-state index in [4.69, 9.17) is 0 Å². The Labute approximate surface area is 180 Å². The third kappa shape index (κ3) is 4.33. The van der Waals surface area contributed by atoms with Crippen molar-refractivity contribution in [1.82, 2.24) is 14.2 Å². The van der Waals surface area contributed by atoms with Crippen molar-refractivity contribution in [3.8, 4) is 0 Å². The number of aromatic nitrogens is 1. The van der Waals surface area contributed by atoms with Gasteiger partial charge in [-0.2, -0.15) is 4.31 Å². The SMILES string of the molecule is Cc1ccc(S(=O)(=O)N2CCCN(C(=O)Nc3ccc4nc(C)sc4c3)CC2)cc1. The molecule has 9 heteroatoms. The number of amides is 2. The van der Waals surface area contributed by atoms with Crippen LogP contribution in [0.25, 0.3) is 10.2 Å². The van der Waals surface area contributed by atoms with Gasteiger partial charge in [-0.15, -0.1) is 11.3 Å². The van der Waals surface area contributed by atoms with Crippen LogP contribution in [-0.2, 0) is 10.0 Å². The number of nitrogens with one attached hydrogen (secondary N) is 1. The third-order valence-corrected chi connectivity index (χ3v) is 7.99. The number of aryl methyl sites for hydroxylation is 2. The van der Waals surface area contributed by atoms with Gasteiger partial charge < -0.3 is 10.2 Å². The van der Waals surface area contributed by atoms with Gasteiger partial charge >= 0.3 is 6.03 Å². The van der Waals surface area contributed by atoms with Gasteiger partial charge in [-0.25, -0.2) is 18.2 Å². The van der Waals surface area contributed by atoms with Crippen LogP contribution >= 0.6 is 11.3 Å². The molecule has 158 valence electrons. The topological polar surface area (TPSA) is 82.6 Å². The second-order valence-electron chi connectivity index (χ2n) is 7.40. The number of thiazole rings is 1. The maximum absolute atomic E-state index is 12.9. The zero-order chi connectivity index (χ0) is 21.3. The van der Waals surface area contributed by atoms with Crippen molar-refractivity contribution in [2.45, 2.75) is 25.2 Å². The molecular weight excluding hydrogens is 420 g/mol. The van der Waals surface area contributed by atoms with Gasteiger partial charge in [-0.3, -0.25) is 0 Å². The van der Waals surface area contributed by atoms with Gasteiger partial charge in [0.15, 0.2) is 0 Å². The van der Waals surface area contributed by atoms with Gasteiger partial charge in [0, 0.05) is 31.9 Å².